The van der Waals surface area contributed by atoms with Crippen molar-refractivity contribution in [1.29, 1.82) is 5.26 Å². The van der Waals surface area contributed by atoms with Crippen molar-refractivity contribution in [3.63, 3.8) is 0 Å². The number of aromatic hydroxyl groups is 1. The number of benzene rings is 2. The number of nitrogens with one attached hydrogen (secondary N) is 1. The molecule has 0 aliphatic rings. The summed E-state index contributed by atoms with van der Waals surface area (Å²) >= 11 is 3.28. The van der Waals surface area contributed by atoms with Crippen molar-refractivity contribution < 1.29 is 14.7 Å². The van der Waals surface area contributed by atoms with Crippen LogP contribution in [0.25, 0.3) is 10.9 Å². The molecule has 146 valence electrons. The van der Waals surface area contributed by atoms with Crippen molar-refractivity contribution in [1.82, 2.24) is 9.88 Å². The predicted octanol–water partition coefficient (Wildman–Crippen LogP) is 4.06. The molecule has 29 heavy (non-hydrogen) atoms. The molecule has 0 atom stereocenters. The summed E-state index contributed by atoms with van der Waals surface area (Å²) in [4.78, 5) is 24.1. The Bertz CT molecular complexity index is 1150. The lowest BCUT2D eigenvalue weighted by Gasteiger charge is -2.03. The molecule has 0 fully saturated rings. The molecule has 0 bridgehead atoms. The lowest BCUT2D eigenvalue weighted by molar-refractivity contribution is -0.117. The summed E-state index contributed by atoms with van der Waals surface area (Å²) < 4.78 is 2.30. The molecule has 0 aliphatic heterocycles. The minimum Gasteiger partial charge on any atom is -0.493 e. The number of rotatable bonds is 6. The van der Waals surface area contributed by atoms with Gasteiger partial charge < -0.3 is 15.0 Å². The number of nitriles is 1. The molecule has 2 amide bonds. The van der Waals surface area contributed by atoms with Crippen molar-refractivity contribution in [3.8, 4) is 11.9 Å². The maximum atomic E-state index is 12.1. The summed E-state index contributed by atoms with van der Waals surface area (Å²) in [6, 6.07) is 15.9. The van der Waals surface area contributed by atoms with Gasteiger partial charge in [0.1, 0.15) is 6.54 Å². The molecule has 0 saturated carbocycles. The number of para-hydroxylation sites is 1. The van der Waals surface area contributed by atoms with E-state index in [2.05, 4.69) is 31.5 Å². The third-order valence-corrected chi connectivity index (χ3v) is 4.61. The van der Waals surface area contributed by atoms with Crippen LogP contribution in [0.2, 0.25) is 0 Å². The maximum Gasteiger partial charge on any atom is 0.283 e. The van der Waals surface area contributed by atoms with E-state index >= 15 is 0 Å². The molecule has 3 rings (SSSR count). The van der Waals surface area contributed by atoms with E-state index in [0.717, 1.165) is 4.47 Å². The molecule has 8 nitrogen and oxygen atoms in total. The van der Waals surface area contributed by atoms with Crippen LogP contribution in [-0.2, 0) is 11.3 Å². The summed E-state index contributed by atoms with van der Waals surface area (Å²) in [6.07, 6.45) is 0.212. The van der Waals surface area contributed by atoms with Crippen LogP contribution in [0.3, 0.4) is 0 Å². The molecule has 1 aromatic heterocycles. The van der Waals surface area contributed by atoms with Gasteiger partial charge in [0, 0.05) is 22.0 Å². The van der Waals surface area contributed by atoms with Gasteiger partial charge in [-0.1, -0.05) is 40.2 Å². The molecule has 0 unspecified atom stereocenters. The Hall–Kier alpha value is -3.51. The Morgan fingerprint density at radius 1 is 1.21 bits per heavy atom. The highest BCUT2D eigenvalue weighted by atomic mass is 79.9. The van der Waals surface area contributed by atoms with Crippen LogP contribution in [0.5, 0.6) is 5.88 Å². The van der Waals surface area contributed by atoms with E-state index in [1.165, 1.54) is 0 Å². The first kappa shape index (κ1) is 20.2. The fourth-order valence-corrected chi connectivity index (χ4v) is 3.19. The molecular weight excluding hydrogens is 438 g/mol. The topological polar surface area (TPSA) is 120 Å². The Kier molecular flexibility index (Phi) is 6.36. The van der Waals surface area contributed by atoms with E-state index in [9.17, 15) is 14.7 Å². The number of carbonyl (C=O) groups excluding carboxylic acids is 2. The van der Waals surface area contributed by atoms with Gasteiger partial charge in [-0.05, 0) is 24.3 Å². The molecule has 3 aromatic rings. The number of carbonyl (C=O) groups is 2. The van der Waals surface area contributed by atoms with Crippen molar-refractivity contribution in [2.45, 2.75) is 13.0 Å². The Balaban J connectivity index is 1.73. The van der Waals surface area contributed by atoms with Gasteiger partial charge in [0.05, 0.1) is 18.0 Å². The van der Waals surface area contributed by atoms with E-state index in [0.29, 0.717) is 16.5 Å². The number of aromatic nitrogens is 1. The van der Waals surface area contributed by atoms with Crippen LogP contribution in [0.4, 0.5) is 5.69 Å². The number of fused-ring (bicyclic) bond motifs is 1. The number of nitrogens with zero attached hydrogens (tertiary/aromatic N) is 4. The molecule has 0 radical (unpaired) electrons. The van der Waals surface area contributed by atoms with Gasteiger partial charge in [-0.25, -0.2) is 0 Å². The molecule has 1 heterocycles. The van der Waals surface area contributed by atoms with Crippen LogP contribution in [-0.4, -0.2) is 28.0 Å². The molecule has 0 saturated heterocycles. The van der Waals surface area contributed by atoms with E-state index < -0.39 is 11.8 Å². The third-order valence-electron chi connectivity index (χ3n) is 4.11. The number of hydrogen-bond donors (Lipinski definition) is 2. The molecule has 0 aliphatic carbocycles. The number of halogens is 1. The molecular formula is C20H16BrN5O3. The zero-order valence-electron chi connectivity index (χ0n) is 15.2. The highest BCUT2D eigenvalue weighted by Gasteiger charge is 2.16. The lowest BCUT2D eigenvalue weighted by Crippen LogP contribution is -2.28. The SMILES string of the molecule is N#CCCn1c(O)c(N=NC(=O)CNC(=O)c2cccc(Br)c2)c2ccccc21. The first-order chi connectivity index (χ1) is 14.0. The van der Waals surface area contributed by atoms with Crippen molar-refractivity contribution in [2.75, 3.05) is 6.54 Å². The second-order valence-corrected chi connectivity index (χ2v) is 6.95. The average molecular weight is 454 g/mol. The zero-order chi connectivity index (χ0) is 20.8. The second-order valence-electron chi connectivity index (χ2n) is 6.04. The highest BCUT2D eigenvalue weighted by molar-refractivity contribution is 9.10. The summed E-state index contributed by atoms with van der Waals surface area (Å²) in [5.74, 6) is -1.25. The highest BCUT2D eigenvalue weighted by Crippen LogP contribution is 2.38. The first-order valence-electron chi connectivity index (χ1n) is 8.66. The smallest absolute Gasteiger partial charge is 0.283 e. The predicted molar refractivity (Wildman–Crippen MR) is 110 cm³/mol. The molecule has 9 heteroatoms. The van der Waals surface area contributed by atoms with E-state index in [1.807, 2.05) is 6.07 Å². The van der Waals surface area contributed by atoms with Gasteiger partial charge in [-0.2, -0.15) is 5.26 Å². The molecule has 2 aromatic carbocycles. The van der Waals surface area contributed by atoms with Gasteiger partial charge in [-0.15, -0.1) is 10.2 Å². The lowest BCUT2D eigenvalue weighted by atomic mass is 10.2. The number of hydrogen-bond acceptors (Lipinski definition) is 5. The van der Waals surface area contributed by atoms with E-state index in [1.54, 1.807) is 53.1 Å². The molecule has 0 spiro atoms. The minimum atomic E-state index is -0.665. The van der Waals surface area contributed by atoms with Crippen LogP contribution in [0.1, 0.15) is 16.8 Å². The number of amides is 2. The normalized spacial score (nSPS) is 10.9. The fourth-order valence-electron chi connectivity index (χ4n) is 2.79. The van der Waals surface area contributed by atoms with Gasteiger partial charge in [-0.3, -0.25) is 9.59 Å². The Morgan fingerprint density at radius 3 is 2.76 bits per heavy atom. The van der Waals surface area contributed by atoms with Crippen LogP contribution in [0.15, 0.2) is 63.2 Å². The van der Waals surface area contributed by atoms with Crippen molar-refractivity contribution in [3.05, 3.63) is 58.6 Å². The quantitative estimate of drug-likeness (QED) is 0.546. The summed E-state index contributed by atoms with van der Waals surface area (Å²) in [7, 11) is 0. The first-order valence-corrected chi connectivity index (χ1v) is 9.46. The summed E-state index contributed by atoms with van der Waals surface area (Å²) in [6.45, 7) is -0.0440. The standard InChI is InChI=1S/C20H16BrN5O3/c21-14-6-3-5-13(11-14)19(28)23-12-17(27)24-25-18-15-7-1-2-8-16(15)26(20(18)29)10-4-9-22/h1-3,5-8,11,29H,4,10,12H2,(H,23,28). The number of aryl methyl sites for hydroxylation is 1. The van der Waals surface area contributed by atoms with Crippen LogP contribution >= 0.6 is 15.9 Å². The Morgan fingerprint density at radius 2 is 2.00 bits per heavy atom. The van der Waals surface area contributed by atoms with Crippen molar-refractivity contribution in [2.24, 2.45) is 10.2 Å². The second kappa shape index (κ2) is 9.12. The largest absolute Gasteiger partial charge is 0.493 e. The van der Waals surface area contributed by atoms with E-state index in [-0.39, 0.29) is 31.1 Å². The molecule has 2 N–H and O–H groups in total. The van der Waals surface area contributed by atoms with Gasteiger partial charge in [0.15, 0.2) is 5.69 Å². The maximum absolute atomic E-state index is 12.1. The zero-order valence-corrected chi connectivity index (χ0v) is 16.8. The average Bonchev–Trinajstić information content (AvgIpc) is 2.99. The van der Waals surface area contributed by atoms with Gasteiger partial charge >= 0.3 is 0 Å². The fraction of sp³-hybridized carbons (Fsp3) is 0.150. The van der Waals surface area contributed by atoms with E-state index in [4.69, 9.17) is 5.26 Å². The van der Waals surface area contributed by atoms with Crippen LogP contribution in [0, 0.1) is 11.3 Å². The van der Waals surface area contributed by atoms with Gasteiger partial charge in [0.25, 0.3) is 11.8 Å². The van der Waals surface area contributed by atoms with Crippen LogP contribution < -0.4 is 5.32 Å². The number of azo groups is 1. The summed E-state index contributed by atoms with van der Waals surface area (Å²) in [5, 5.41) is 29.9. The van der Waals surface area contributed by atoms with Crippen molar-refractivity contribution >= 4 is 44.3 Å². The minimum absolute atomic E-state index is 0.144. The monoisotopic (exact) mass is 453 g/mol. The summed E-state index contributed by atoms with van der Waals surface area (Å²) in [5.41, 5.74) is 1.23. The Labute approximate surface area is 174 Å². The third kappa shape index (κ3) is 4.67. The van der Waals surface area contributed by atoms with Gasteiger partial charge in [0.2, 0.25) is 5.88 Å².